The van der Waals surface area contributed by atoms with Gasteiger partial charge >= 0.3 is 0 Å². The van der Waals surface area contributed by atoms with Gasteiger partial charge in [-0.3, -0.25) is 0 Å². The Hall–Kier alpha value is -1.66. The van der Waals surface area contributed by atoms with Crippen LogP contribution in [0, 0.1) is 0 Å². The number of para-hydroxylation sites is 1. The van der Waals surface area contributed by atoms with Crippen molar-refractivity contribution in [3.63, 3.8) is 0 Å². The summed E-state index contributed by atoms with van der Waals surface area (Å²) in [5, 5.41) is 30.2. The van der Waals surface area contributed by atoms with Crippen molar-refractivity contribution >= 4 is 16.5 Å². The highest BCUT2D eigenvalue weighted by Gasteiger charge is 2.16. The molecule has 1 saturated carbocycles. The summed E-state index contributed by atoms with van der Waals surface area (Å²) >= 11 is 1.50. The Morgan fingerprint density at radius 3 is 2.35 bits per heavy atom. The van der Waals surface area contributed by atoms with Gasteiger partial charge < -0.3 is 15.5 Å². The van der Waals surface area contributed by atoms with Crippen molar-refractivity contribution in [3.05, 3.63) is 24.3 Å². The molecule has 0 bridgehead atoms. The van der Waals surface area contributed by atoms with Gasteiger partial charge in [0, 0.05) is 13.2 Å². The van der Waals surface area contributed by atoms with E-state index in [9.17, 15) is 5.11 Å². The topological polar surface area (TPSA) is 78.3 Å². The number of aliphatic hydroxyl groups is 1. The van der Waals surface area contributed by atoms with Crippen LogP contribution in [0.1, 0.15) is 46.0 Å². The van der Waals surface area contributed by atoms with Gasteiger partial charge in [-0.25, -0.2) is 0 Å². The van der Waals surface area contributed by atoms with Crippen LogP contribution in [0.15, 0.2) is 24.3 Å². The molecule has 0 spiro atoms. The first-order valence-corrected chi connectivity index (χ1v) is 8.98. The number of phenolic OH excluding ortho intramolecular Hbond substituents is 1. The first-order valence-electron chi connectivity index (χ1n) is 8.16. The fraction of sp³-hybridized carbons (Fsp3) is 0.529. The minimum atomic E-state index is 0.253. The minimum Gasteiger partial charge on any atom is -0.507 e. The molecule has 1 aromatic carbocycles. The van der Waals surface area contributed by atoms with Gasteiger partial charge in [0.05, 0.1) is 5.56 Å². The second-order valence-corrected chi connectivity index (χ2v) is 5.89. The second-order valence-electron chi connectivity index (χ2n) is 4.91. The van der Waals surface area contributed by atoms with Crippen LogP contribution in [0.3, 0.4) is 0 Å². The lowest BCUT2D eigenvalue weighted by Crippen LogP contribution is -2.21. The van der Waals surface area contributed by atoms with E-state index in [-0.39, 0.29) is 5.75 Å². The number of hydrogen-bond acceptors (Lipinski definition) is 6. The lowest BCUT2D eigenvalue weighted by Gasteiger charge is -2.21. The van der Waals surface area contributed by atoms with Crippen molar-refractivity contribution in [3.8, 4) is 16.3 Å². The summed E-state index contributed by atoms with van der Waals surface area (Å²) < 4.78 is 0. The number of anilines is 1. The predicted molar refractivity (Wildman–Crippen MR) is 97.0 cm³/mol. The number of aromatic hydroxyl groups is 1. The molecular weight excluding hydrogens is 310 g/mol. The van der Waals surface area contributed by atoms with Gasteiger partial charge in [-0.15, -0.1) is 10.2 Å². The van der Waals surface area contributed by atoms with Crippen molar-refractivity contribution < 1.29 is 10.2 Å². The van der Waals surface area contributed by atoms with E-state index >= 15 is 0 Å². The van der Waals surface area contributed by atoms with E-state index in [0.717, 1.165) is 22.8 Å². The van der Waals surface area contributed by atoms with Crippen LogP contribution in [0.25, 0.3) is 10.6 Å². The summed E-state index contributed by atoms with van der Waals surface area (Å²) in [6.45, 7) is 4.00. The maximum atomic E-state index is 9.81. The standard InChI is InChI=1S/C14H17N3OS.C2H6.CH4O/c18-12-9-5-4-8-11(12)13-16-17-14(19-13)15-10-6-2-1-3-7-10;2*1-2/h4-5,8-10,18H,1-3,6-7H2,(H,15,17);1-2H3;2H,1H3. The van der Waals surface area contributed by atoms with Gasteiger partial charge in [0.1, 0.15) is 5.75 Å². The molecule has 3 N–H and O–H groups in total. The van der Waals surface area contributed by atoms with E-state index in [1.165, 1.54) is 43.4 Å². The van der Waals surface area contributed by atoms with E-state index in [0.29, 0.717) is 6.04 Å². The highest BCUT2D eigenvalue weighted by Crippen LogP contribution is 2.33. The number of rotatable bonds is 3. The van der Waals surface area contributed by atoms with Crippen LogP contribution in [-0.2, 0) is 0 Å². The molecular formula is C17H27N3O2S. The summed E-state index contributed by atoms with van der Waals surface area (Å²) in [5.41, 5.74) is 0.747. The van der Waals surface area contributed by atoms with Crippen LogP contribution in [0.4, 0.5) is 5.13 Å². The highest BCUT2D eigenvalue weighted by atomic mass is 32.1. The second kappa shape index (κ2) is 11.0. The number of hydrogen-bond donors (Lipinski definition) is 3. The van der Waals surface area contributed by atoms with E-state index < -0.39 is 0 Å². The SMILES string of the molecule is CC.CO.Oc1ccccc1-c1nnc(NC2CCCCC2)s1. The maximum Gasteiger partial charge on any atom is 0.206 e. The van der Waals surface area contributed by atoms with Crippen molar-refractivity contribution in [2.24, 2.45) is 0 Å². The molecule has 6 heteroatoms. The molecule has 1 aliphatic rings. The first kappa shape index (κ1) is 19.4. The molecule has 1 heterocycles. The fourth-order valence-electron chi connectivity index (χ4n) is 2.47. The van der Waals surface area contributed by atoms with Gasteiger partial charge in [-0.2, -0.15) is 0 Å². The van der Waals surface area contributed by atoms with Crippen molar-refractivity contribution in [2.45, 2.75) is 52.0 Å². The number of benzene rings is 1. The van der Waals surface area contributed by atoms with Crippen LogP contribution < -0.4 is 5.32 Å². The van der Waals surface area contributed by atoms with Gasteiger partial charge in [0.2, 0.25) is 5.13 Å². The summed E-state index contributed by atoms with van der Waals surface area (Å²) in [5.74, 6) is 0.253. The third-order valence-electron chi connectivity index (χ3n) is 3.49. The summed E-state index contributed by atoms with van der Waals surface area (Å²) in [6.07, 6.45) is 6.36. The quantitative estimate of drug-likeness (QED) is 0.779. The number of phenols is 1. The zero-order chi connectivity index (χ0) is 17.1. The molecule has 2 aromatic rings. The molecule has 23 heavy (non-hydrogen) atoms. The van der Waals surface area contributed by atoms with E-state index in [2.05, 4.69) is 15.5 Å². The van der Waals surface area contributed by atoms with E-state index in [4.69, 9.17) is 5.11 Å². The van der Waals surface area contributed by atoms with Crippen molar-refractivity contribution in [2.75, 3.05) is 12.4 Å². The third kappa shape index (κ3) is 5.80. The average molecular weight is 337 g/mol. The van der Waals surface area contributed by atoms with Gasteiger partial charge in [0.15, 0.2) is 5.01 Å². The molecule has 0 atom stereocenters. The van der Waals surface area contributed by atoms with Crippen LogP contribution in [-0.4, -0.2) is 33.6 Å². The molecule has 0 radical (unpaired) electrons. The number of nitrogens with zero attached hydrogens (tertiary/aromatic N) is 2. The zero-order valence-corrected chi connectivity index (χ0v) is 14.9. The lowest BCUT2D eigenvalue weighted by molar-refractivity contribution is 0.399. The van der Waals surface area contributed by atoms with E-state index in [1.807, 2.05) is 26.0 Å². The Bertz CT molecular complexity index is 554. The summed E-state index contributed by atoms with van der Waals surface area (Å²) in [4.78, 5) is 0. The lowest BCUT2D eigenvalue weighted by atomic mass is 9.96. The van der Waals surface area contributed by atoms with Gasteiger partial charge in [0.25, 0.3) is 0 Å². The van der Waals surface area contributed by atoms with Crippen molar-refractivity contribution in [1.82, 2.24) is 10.2 Å². The monoisotopic (exact) mass is 337 g/mol. The number of nitrogens with one attached hydrogen (secondary N) is 1. The summed E-state index contributed by atoms with van der Waals surface area (Å²) in [6, 6.07) is 7.76. The van der Waals surface area contributed by atoms with Crippen molar-refractivity contribution in [1.29, 1.82) is 0 Å². The smallest absolute Gasteiger partial charge is 0.206 e. The average Bonchev–Trinajstić information content (AvgIpc) is 3.08. The molecule has 0 unspecified atom stereocenters. The number of aliphatic hydroxyl groups excluding tert-OH is 1. The molecule has 128 valence electrons. The Labute approximate surface area is 142 Å². The van der Waals surface area contributed by atoms with Gasteiger partial charge in [-0.1, -0.05) is 56.6 Å². The molecule has 0 amide bonds. The molecule has 1 aliphatic carbocycles. The third-order valence-corrected chi connectivity index (χ3v) is 4.38. The van der Waals surface area contributed by atoms with Crippen LogP contribution >= 0.6 is 11.3 Å². The molecule has 3 rings (SSSR count). The molecule has 5 nitrogen and oxygen atoms in total. The van der Waals surface area contributed by atoms with Gasteiger partial charge in [-0.05, 0) is 25.0 Å². The predicted octanol–water partition coefficient (Wildman–Crippen LogP) is 4.29. The van der Waals surface area contributed by atoms with E-state index in [1.54, 1.807) is 12.1 Å². The van der Waals surface area contributed by atoms with Crippen LogP contribution in [0.2, 0.25) is 0 Å². The number of aromatic nitrogens is 2. The highest BCUT2D eigenvalue weighted by molar-refractivity contribution is 7.18. The fourth-order valence-corrected chi connectivity index (χ4v) is 3.32. The molecule has 1 fully saturated rings. The molecule has 0 saturated heterocycles. The Morgan fingerprint density at radius 2 is 1.70 bits per heavy atom. The molecule has 0 aliphatic heterocycles. The Kier molecular flexibility index (Phi) is 9.24. The molecule has 1 aromatic heterocycles. The minimum absolute atomic E-state index is 0.253. The first-order chi connectivity index (χ1) is 11.3. The Morgan fingerprint density at radius 1 is 1.04 bits per heavy atom. The summed E-state index contributed by atoms with van der Waals surface area (Å²) in [7, 11) is 1.00. The normalized spacial score (nSPS) is 14.1. The zero-order valence-electron chi connectivity index (χ0n) is 14.1. The maximum absolute atomic E-state index is 9.81. The van der Waals surface area contributed by atoms with Crippen LogP contribution in [0.5, 0.6) is 5.75 Å². The Balaban J connectivity index is 0.000000615. The largest absolute Gasteiger partial charge is 0.507 e.